The third-order valence-corrected chi connectivity index (χ3v) is 3.66. The Bertz CT molecular complexity index is 596. The van der Waals surface area contributed by atoms with E-state index in [0.717, 1.165) is 26.2 Å². The molecule has 0 aliphatic carbocycles. The molecule has 3 N–H and O–H groups in total. The van der Waals surface area contributed by atoms with Gasteiger partial charge in [0.05, 0.1) is 0 Å². The van der Waals surface area contributed by atoms with Crippen molar-refractivity contribution in [3.8, 4) is 0 Å². The Morgan fingerprint density at radius 1 is 1.05 bits per heavy atom. The standard InChI is InChI=1S/C12H16N6S/c13-18-11(14-15-12(18)19)17-8-6-16(7-9-17)10-4-2-1-3-5-10/h1-5H,6-9,13H2,(H,15,19). The summed E-state index contributed by atoms with van der Waals surface area (Å²) in [5, 5.41) is 6.88. The van der Waals surface area contributed by atoms with Crippen molar-refractivity contribution in [1.82, 2.24) is 14.9 Å². The minimum atomic E-state index is 0.445. The van der Waals surface area contributed by atoms with Crippen LogP contribution in [-0.2, 0) is 0 Å². The second-order valence-electron chi connectivity index (χ2n) is 4.51. The van der Waals surface area contributed by atoms with E-state index in [-0.39, 0.29) is 0 Å². The van der Waals surface area contributed by atoms with Crippen molar-refractivity contribution in [2.45, 2.75) is 0 Å². The lowest BCUT2D eigenvalue weighted by atomic mass is 10.2. The number of H-pyrrole nitrogens is 1. The lowest BCUT2D eigenvalue weighted by molar-refractivity contribution is 0.633. The van der Waals surface area contributed by atoms with E-state index in [4.69, 9.17) is 18.1 Å². The molecule has 3 rings (SSSR count). The number of nitrogen functional groups attached to an aromatic ring is 1. The van der Waals surface area contributed by atoms with Crippen LogP contribution in [0.5, 0.6) is 0 Å². The molecule has 0 bridgehead atoms. The Morgan fingerprint density at radius 2 is 1.68 bits per heavy atom. The normalized spacial score (nSPS) is 15.8. The highest BCUT2D eigenvalue weighted by Crippen LogP contribution is 2.18. The third-order valence-electron chi connectivity index (χ3n) is 3.37. The molecule has 0 unspecified atom stereocenters. The van der Waals surface area contributed by atoms with Gasteiger partial charge >= 0.3 is 0 Å². The lowest BCUT2D eigenvalue weighted by Gasteiger charge is -2.36. The maximum atomic E-state index is 5.84. The van der Waals surface area contributed by atoms with Crippen LogP contribution >= 0.6 is 12.2 Å². The Kier molecular flexibility index (Phi) is 3.12. The van der Waals surface area contributed by atoms with Crippen LogP contribution in [0.1, 0.15) is 0 Å². The van der Waals surface area contributed by atoms with Crippen LogP contribution in [0.3, 0.4) is 0 Å². The van der Waals surface area contributed by atoms with E-state index in [1.165, 1.54) is 10.4 Å². The van der Waals surface area contributed by atoms with Gasteiger partial charge in [0.2, 0.25) is 10.7 Å². The molecule has 100 valence electrons. The van der Waals surface area contributed by atoms with Crippen molar-refractivity contribution in [2.75, 3.05) is 41.8 Å². The summed E-state index contributed by atoms with van der Waals surface area (Å²) < 4.78 is 1.87. The van der Waals surface area contributed by atoms with Crippen LogP contribution in [-0.4, -0.2) is 41.1 Å². The number of aromatic amines is 1. The van der Waals surface area contributed by atoms with Crippen LogP contribution in [0, 0.1) is 4.77 Å². The summed E-state index contributed by atoms with van der Waals surface area (Å²) >= 11 is 5.03. The number of rotatable bonds is 2. The summed E-state index contributed by atoms with van der Waals surface area (Å²) in [5.41, 5.74) is 1.26. The molecule has 1 aliphatic heterocycles. The van der Waals surface area contributed by atoms with E-state index < -0.39 is 0 Å². The molecule has 0 saturated carbocycles. The fraction of sp³-hybridized carbons (Fsp3) is 0.333. The quantitative estimate of drug-likeness (QED) is 0.632. The van der Waals surface area contributed by atoms with Crippen LogP contribution in [0.15, 0.2) is 30.3 Å². The van der Waals surface area contributed by atoms with Crippen molar-refractivity contribution < 1.29 is 0 Å². The van der Waals surface area contributed by atoms with Crippen molar-refractivity contribution in [1.29, 1.82) is 0 Å². The van der Waals surface area contributed by atoms with Gasteiger partial charge in [-0.25, -0.2) is 9.77 Å². The topological polar surface area (TPSA) is 66.1 Å². The maximum absolute atomic E-state index is 5.84. The Labute approximate surface area is 116 Å². The van der Waals surface area contributed by atoms with Gasteiger partial charge in [-0.1, -0.05) is 18.2 Å². The number of para-hydroxylation sites is 1. The predicted molar refractivity (Wildman–Crippen MR) is 78.4 cm³/mol. The molecule has 1 aromatic carbocycles. The first-order chi connectivity index (χ1) is 9.25. The molecule has 7 heteroatoms. The summed E-state index contributed by atoms with van der Waals surface area (Å²) in [5.74, 6) is 6.55. The van der Waals surface area contributed by atoms with Gasteiger partial charge in [-0.3, -0.25) is 0 Å². The van der Waals surface area contributed by atoms with Gasteiger partial charge < -0.3 is 15.6 Å². The van der Waals surface area contributed by atoms with Crippen LogP contribution in [0.25, 0.3) is 0 Å². The molecule has 1 fully saturated rings. The number of piperazine rings is 1. The average molecular weight is 276 g/mol. The summed E-state index contributed by atoms with van der Waals surface area (Å²) in [4.78, 5) is 4.50. The highest BCUT2D eigenvalue weighted by molar-refractivity contribution is 7.71. The lowest BCUT2D eigenvalue weighted by Crippen LogP contribution is -2.47. The van der Waals surface area contributed by atoms with Crippen molar-refractivity contribution in [2.24, 2.45) is 0 Å². The van der Waals surface area contributed by atoms with Gasteiger partial charge in [-0.2, -0.15) is 0 Å². The van der Waals surface area contributed by atoms with Crippen LogP contribution in [0.2, 0.25) is 0 Å². The molecular weight excluding hydrogens is 260 g/mol. The molecule has 0 atom stereocenters. The zero-order valence-corrected chi connectivity index (χ0v) is 11.3. The van der Waals surface area contributed by atoms with Gasteiger partial charge in [0.1, 0.15) is 0 Å². The molecule has 0 radical (unpaired) electrons. The molecule has 19 heavy (non-hydrogen) atoms. The highest BCUT2D eigenvalue weighted by atomic mass is 32.1. The first-order valence-corrected chi connectivity index (χ1v) is 6.64. The Hall–Kier alpha value is -2.02. The van der Waals surface area contributed by atoms with Crippen LogP contribution < -0.4 is 15.6 Å². The first kappa shape index (κ1) is 12.0. The van der Waals surface area contributed by atoms with E-state index >= 15 is 0 Å². The molecule has 2 aromatic rings. The fourth-order valence-corrected chi connectivity index (χ4v) is 2.45. The monoisotopic (exact) mass is 276 g/mol. The number of nitrogens with zero attached hydrogens (tertiary/aromatic N) is 4. The molecule has 1 aliphatic rings. The van der Waals surface area contributed by atoms with Gasteiger partial charge in [-0.05, 0) is 24.4 Å². The summed E-state index contributed by atoms with van der Waals surface area (Å²) in [6, 6.07) is 10.4. The van der Waals surface area contributed by atoms with Gasteiger partial charge in [-0.15, -0.1) is 5.10 Å². The van der Waals surface area contributed by atoms with Gasteiger partial charge in [0.25, 0.3) is 0 Å². The first-order valence-electron chi connectivity index (χ1n) is 6.23. The number of hydrogen-bond acceptors (Lipinski definition) is 5. The largest absolute Gasteiger partial charge is 0.368 e. The highest BCUT2D eigenvalue weighted by Gasteiger charge is 2.20. The smallest absolute Gasteiger partial charge is 0.244 e. The van der Waals surface area contributed by atoms with Crippen molar-refractivity contribution in [3.63, 3.8) is 0 Å². The zero-order chi connectivity index (χ0) is 13.2. The number of hydrogen-bond donors (Lipinski definition) is 2. The SMILES string of the molecule is Nn1c(N2CCN(c3ccccc3)CC2)n[nH]c1=S. The molecule has 0 amide bonds. The minimum absolute atomic E-state index is 0.445. The third kappa shape index (κ3) is 2.28. The van der Waals surface area contributed by atoms with Crippen molar-refractivity contribution in [3.05, 3.63) is 35.1 Å². The Balaban J connectivity index is 1.70. The number of benzene rings is 1. The number of nitrogens with two attached hydrogens (primary N) is 1. The summed E-state index contributed by atoms with van der Waals surface area (Å²) in [6.07, 6.45) is 0. The molecule has 0 spiro atoms. The average Bonchev–Trinajstić information content (AvgIpc) is 2.80. The number of aromatic nitrogens is 3. The van der Waals surface area contributed by atoms with E-state index in [1.54, 1.807) is 0 Å². The van der Waals surface area contributed by atoms with Gasteiger partial charge in [0.15, 0.2) is 0 Å². The molecule has 2 heterocycles. The molecular formula is C12H16N6S. The second kappa shape index (κ2) is 4.93. The zero-order valence-electron chi connectivity index (χ0n) is 10.5. The molecule has 6 nitrogen and oxygen atoms in total. The van der Waals surface area contributed by atoms with E-state index in [2.05, 4.69) is 44.3 Å². The van der Waals surface area contributed by atoms with E-state index in [0.29, 0.717) is 10.7 Å². The summed E-state index contributed by atoms with van der Waals surface area (Å²) in [7, 11) is 0. The minimum Gasteiger partial charge on any atom is -0.368 e. The number of nitrogens with one attached hydrogen (secondary N) is 1. The Morgan fingerprint density at radius 3 is 2.26 bits per heavy atom. The van der Waals surface area contributed by atoms with Crippen molar-refractivity contribution >= 4 is 23.9 Å². The maximum Gasteiger partial charge on any atom is 0.244 e. The van der Waals surface area contributed by atoms with Gasteiger partial charge in [0, 0.05) is 31.9 Å². The molecule has 1 saturated heterocycles. The summed E-state index contributed by atoms with van der Waals surface area (Å²) in [6.45, 7) is 3.66. The molecule has 1 aromatic heterocycles. The fourth-order valence-electron chi connectivity index (χ4n) is 2.32. The second-order valence-corrected chi connectivity index (χ2v) is 4.90. The van der Waals surface area contributed by atoms with Crippen LogP contribution in [0.4, 0.5) is 11.6 Å². The van der Waals surface area contributed by atoms with E-state index in [1.807, 2.05) is 6.07 Å². The predicted octanol–water partition coefficient (Wildman–Crippen LogP) is 0.981. The number of anilines is 2. The van der Waals surface area contributed by atoms with E-state index in [9.17, 15) is 0 Å².